The maximum absolute atomic E-state index is 14.3. The van der Waals surface area contributed by atoms with Gasteiger partial charge < -0.3 is 4.74 Å². The zero-order valence-electron chi connectivity index (χ0n) is 17.1. The van der Waals surface area contributed by atoms with E-state index >= 15 is 0 Å². The lowest BCUT2D eigenvalue weighted by molar-refractivity contribution is 0.242. The lowest BCUT2D eigenvalue weighted by atomic mass is 10.1. The predicted molar refractivity (Wildman–Crippen MR) is 121 cm³/mol. The number of halogens is 2. The fourth-order valence-electron chi connectivity index (χ4n) is 3.32. The average Bonchev–Trinajstić information content (AvgIpc) is 3.24. The fourth-order valence-corrected chi connectivity index (χ4v) is 4.64. The van der Waals surface area contributed by atoms with Crippen LogP contribution in [0.4, 0.5) is 4.39 Å². The molecule has 154 valence electrons. The number of ether oxygens (including phenoxy) is 1. The maximum atomic E-state index is 14.3. The minimum absolute atomic E-state index is 0.138. The van der Waals surface area contributed by atoms with Crippen LogP contribution in [0.5, 0.6) is 5.75 Å². The van der Waals surface area contributed by atoms with Gasteiger partial charge in [-0.1, -0.05) is 17.7 Å². The van der Waals surface area contributed by atoms with Crippen LogP contribution in [0.1, 0.15) is 19.4 Å². The molecule has 2 aromatic heterocycles. The van der Waals surface area contributed by atoms with E-state index < -0.39 is 5.82 Å². The van der Waals surface area contributed by atoms with Gasteiger partial charge >= 0.3 is 0 Å². The summed E-state index contributed by atoms with van der Waals surface area (Å²) in [5, 5.41) is 6.76. The van der Waals surface area contributed by atoms with Gasteiger partial charge in [0.05, 0.1) is 16.7 Å². The molecule has 0 radical (unpaired) electrons. The zero-order chi connectivity index (χ0) is 21.4. The van der Waals surface area contributed by atoms with E-state index in [-0.39, 0.29) is 17.5 Å². The lowest BCUT2D eigenvalue weighted by Crippen LogP contribution is -2.05. The van der Waals surface area contributed by atoms with Gasteiger partial charge in [-0.3, -0.25) is 0 Å². The minimum atomic E-state index is -0.439. The smallest absolute Gasteiger partial charge is 0.186 e. The van der Waals surface area contributed by atoms with Crippen molar-refractivity contribution >= 4 is 22.9 Å². The van der Waals surface area contributed by atoms with Crippen molar-refractivity contribution in [3.63, 3.8) is 0 Å². The Bertz CT molecular complexity index is 1180. The molecule has 4 rings (SSSR count). The van der Waals surface area contributed by atoms with E-state index in [9.17, 15) is 4.39 Å². The molecule has 0 bridgehead atoms. The molecule has 0 spiro atoms. The molecule has 30 heavy (non-hydrogen) atoms. The summed E-state index contributed by atoms with van der Waals surface area (Å²) in [6.45, 7) is 6.07. The number of benzene rings is 2. The molecule has 4 nitrogen and oxygen atoms in total. The van der Waals surface area contributed by atoms with E-state index in [2.05, 4.69) is 34.5 Å². The molecule has 0 saturated heterocycles. The third kappa shape index (κ3) is 3.85. The van der Waals surface area contributed by atoms with Gasteiger partial charge in [0.25, 0.3) is 0 Å². The molecule has 0 aliphatic rings. The number of nitrogens with zero attached hydrogens (tertiary/aromatic N) is 3. The summed E-state index contributed by atoms with van der Waals surface area (Å²) in [6.07, 6.45) is 0.138. The van der Waals surface area contributed by atoms with Crippen LogP contribution in [0.2, 0.25) is 5.02 Å². The van der Waals surface area contributed by atoms with Crippen molar-refractivity contribution in [2.24, 2.45) is 7.05 Å². The van der Waals surface area contributed by atoms with Gasteiger partial charge in [0.15, 0.2) is 11.6 Å². The van der Waals surface area contributed by atoms with Crippen molar-refractivity contribution in [2.75, 3.05) is 0 Å². The number of aryl methyl sites for hydroxylation is 1. The summed E-state index contributed by atoms with van der Waals surface area (Å²) in [5.74, 6) is 1.36. The van der Waals surface area contributed by atoms with E-state index in [0.717, 1.165) is 27.3 Å². The summed E-state index contributed by atoms with van der Waals surface area (Å²) in [6, 6.07) is 12.6. The van der Waals surface area contributed by atoms with Gasteiger partial charge in [0, 0.05) is 22.9 Å². The number of aromatic nitrogens is 3. The number of thiophene rings is 1. The van der Waals surface area contributed by atoms with Gasteiger partial charge in [-0.2, -0.15) is 5.10 Å². The monoisotopic (exact) mass is 441 g/mol. The van der Waals surface area contributed by atoms with E-state index in [4.69, 9.17) is 16.3 Å². The predicted octanol–water partition coefficient (Wildman–Crippen LogP) is 6.77. The molecule has 0 N–H and O–H groups in total. The highest BCUT2D eigenvalue weighted by atomic mass is 35.5. The zero-order valence-corrected chi connectivity index (χ0v) is 18.7. The van der Waals surface area contributed by atoms with E-state index in [0.29, 0.717) is 10.8 Å². The van der Waals surface area contributed by atoms with Crippen LogP contribution in [0.3, 0.4) is 0 Å². The largest absolute Gasteiger partial charge is 0.491 e. The highest BCUT2D eigenvalue weighted by Gasteiger charge is 2.20. The van der Waals surface area contributed by atoms with Crippen molar-refractivity contribution in [3.8, 4) is 39.0 Å². The number of rotatable bonds is 5. The van der Waals surface area contributed by atoms with Gasteiger partial charge in [0.2, 0.25) is 0 Å². The molecular weight excluding hydrogens is 421 g/mol. The van der Waals surface area contributed by atoms with Gasteiger partial charge in [0.1, 0.15) is 11.6 Å². The Morgan fingerprint density at radius 1 is 1.13 bits per heavy atom. The van der Waals surface area contributed by atoms with Crippen LogP contribution in [0.25, 0.3) is 33.2 Å². The van der Waals surface area contributed by atoms with Crippen molar-refractivity contribution in [1.82, 2.24) is 14.8 Å². The summed E-state index contributed by atoms with van der Waals surface area (Å²) < 4.78 is 21.7. The molecule has 4 aromatic rings. The first kappa shape index (κ1) is 20.6. The van der Waals surface area contributed by atoms with E-state index in [1.807, 2.05) is 26.0 Å². The molecule has 0 saturated carbocycles. The van der Waals surface area contributed by atoms with Crippen molar-refractivity contribution in [2.45, 2.75) is 26.9 Å². The number of hydrogen-bond donors (Lipinski definition) is 0. The lowest BCUT2D eigenvalue weighted by Gasteiger charge is -2.10. The van der Waals surface area contributed by atoms with Crippen LogP contribution in [0, 0.1) is 12.7 Å². The normalized spacial score (nSPS) is 11.3. The van der Waals surface area contributed by atoms with Crippen molar-refractivity contribution in [3.05, 3.63) is 64.2 Å². The molecule has 0 unspecified atom stereocenters. The number of hydrogen-bond acceptors (Lipinski definition) is 4. The fraction of sp³-hybridized carbons (Fsp3) is 0.217. The highest BCUT2D eigenvalue weighted by Crippen LogP contribution is 2.38. The Kier molecular flexibility index (Phi) is 5.62. The van der Waals surface area contributed by atoms with Gasteiger partial charge in [-0.15, -0.1) is 11.3 Å². The molecule has 0 aliphatic heterocycles. The average molecular weight is 442 g/mol. The Hall–Kier alpha value is -2.70. The summed E-state index contributed by atoms with van der Waals surface area (Å²) in [5.41, 5.74) is 3.39. The third-order valence-corrected chi connectivity index (χ3v) is 6.16. The molecule has 0 fully saturated rings. The van der Waals surface area contributed by atoms with Crippen LogP contribution in [-0.4, -0.2) is 20.9 Å². The standard InChI is InChI=1S/C23H21ClFN3OS/c1-13(2)29-16-10-8-15(9-11-16)21-14(3)17(12-30-21)23-26-22(27-28(23)4)20-18(24)6-5-7-19(20)25/h5-13H,1-4H3. The Morgan fingerprint density at radius 2 is 1.87 bits per heavy atom. The highest BCUT2D eigenvalue weighted by molar-refractivity contribution is 7.14. The first-order valence-electron chi connectivity index (χ1n) is 9.56. The first-order chi connectivity index (χ1) is 14.3. The van der Waals surface area contributed by atoms with Gasteiger partial charge in [-0.05, 0) is 68.3 Å². The molecule has 7 heteroatoms. The second kappa shape index (κ2) is 8.20. The molecule has 2 aromatic carbocycles. The summed E-state index contributed by atoms with van der Waals surface area (Å²) in [7, 11) is 1.80. The second-order valence-electron chi connectivity index (χ2n) is 7.27. The Labute approximate surface area is 183 Å². The molecular formula is C23H21ClFN3OS. The maximum Gasteiger partial charge on any atom is 0.186 e. The SMILES string of the molecule is Cc1c(-c2nc(-c3c(F)cccc3Cl)nn2C)csc1-c1ccc(OC(C)C)cc1. The quantitative estimate of drug-likeness (QED) is 0.343. The second-order valence-corrected chi connectivity index (χ2v) is 8.56. The van der Waals surface area contributed by atoms with Gasteiger partial charge in [-0.25, -0.2) is 14.1 Å². The van der Waals surface area contributed by atoms with Crippen LogP contribution >= 0.6 is 22.9 Å². The van der Waals surface area contributed by atoms with Crippen LogP contribution in [0.15, 0.2) is 47.8 Å². The van der Waals surface area contributed by atoms with E-state index in [1.54, 1.807) is 35.2 Å². The minimum Gasteiger partial charge on any atom is -0.491 e. The molecule has 0 amide bonds. The third-order valence-electron chi connectivity index (χ3n) is 4.72. The summed E-state index contributed by atoms with van der Waals surface area (Å²) in [4.78, 5) is 5.75. The molecule has 0 atom stereocenters. The first-order valence-corrected chi connectivity index (χ1v) is 10.8. The van der Waals surface area contributed by atoms with Crippen LogP contribution in [-0.2, 0) is 7.05 Å². The Balaban J connectivity index is 1.70. The van der Waals surface area contributed by atoms with Crippen LogP contribution < -0.4 is 4.74 Å². The molecule has 0 aliphatic carbocycles. The van der Waals surface area contributed by atoms with Crippen molar-refractivity contribution in [1.29, 1.82) is 0 Å². The topological polar surface area (TPSA) is 39.9 Å². The molecule has 2 heterocycles. The summed E-state index contributed by atoms with van der Waals surface area (Å²) >= 11 is 7.84. The Morgan fingerprint density at radius 3 is 2.53 bits per heavy atom. The van der Waals surface area contributed by atoms with Crippen molar-refractivity contribution < 1.29 is 9.13 Å². The van der Waals surface area contributed by atoms with E-state index in [1.165, 1.54) is 6.07 Å².